The molecule has 4 heterocycles. The molecule has 2 aliphatic rings. The van der Waals surface area contributed by atoms with Crippen molar-refractivity contribution in [3.63, 3.8) is 0 Å². The van der Waals surface area contributed by atoms with Crippen molar-refractivity contribution in [2.24, 2.45) is 0 Å². The molecular formula is C25H33Cl3F4N6O. The minimum absolute atomic E-state index is 0. The minimum Gasteiger partial charge on any atom is -0.472 e. The molecule has 0 amide bonds. The number of nitrogens with one attached hydrogen (secondary N) is 2. The van der Waals surface area contributed by atoms with Crippen molar-refractivity contribution in [2.45, 2.75) is 69.7 Å². The van der Waals surface area contributed by atoms with Crippen LogP contribution in [-0.2, 0) is 6.18 Å². The molecule has 1 aliphatic heterocycles. The van der Waals surface area contributed by atoms with E-state index in [1.807, 2.05) is 19.2 Å². The number of hydrogen-bond acceptors (Lipinski definition) is 6. The van der Waals surface area contributed by atoms with Gasteiger partial charge in [-0.05, 0) is 64.6 Å². The smallest absolute Gasteiger partial charge is 0.419 e. The highest BCUT2D eigenvalue weighted by Crippen LogP contribution is 2.38. The van der Waals surface area contributed by atoms with Crippen molar-refractivity contribution >= 4 is 53.9 Å². The van der Waals surface area contributed by atoms with Crippen LogP contribution in [0.4, 0.5) is 23.4 Å². The van der Waals surface area contributed by atoms with Crippen molar-refractivity contribution in [1.82, 2.24) is 25.1 Å². The molecule has 7 nitrogen and oxygen atoms in total. The van der Waals surface area contributed by atoms with Gasteiger partial charge in [-0.25, -0.2) is 14.4 Å². The third-order valence-corrected chi connectivity index (χ3v) is 7.13. The molecule has 1 saturated carbocycles. The Balaban J connectivity index is 0.00000178. The maximum Gasteiger partial charge on any atom is 0.419 e. The first kappa shape index (κ1) is 33.1. The monoisotopic (exact) mass is 614 g/mol. The molecule has 3 aromatic heterocycles. The fraction of sp³-hybridized carbons (Fsp3) is 0.560. The van der Waals surface area contributed by atoms with E-state index in [0.717, 1.165) is 61.1 Å². The van der Waals surface area contributed by atoms with Crippen molar-refractivity contribution in [3.8, 4) is 5.88 Å². The summed E-state index contributed by atoms with van der Waals surface area (Å²) < 4.78 is 61.2. The van der Waals surface area contributed by atoms with Crippen LogP contribution in [0.25, 0.3) is 10.9 Å². The number of hydrogen-bond donors (Lipinski definition) is 2. The van der Waals surface area contributed by atoms with Crippen LogP contribution in [0.5, 0.6) is 5.88 Å². The van der Waals surface area contributed by atoms with E-state index in [1.54, 1.807) is 0 Å². The van der Waals surface area contributed by atoms with E-state index in [4.69, 9.17) is 9.84 Å². The summed E-state index contributed by atoms with van der Waals surface area (Å²) in [5.74, 6) is -0.879. The summed E-state index contributed by atoms with van der Waals surface area (Å²) in [6, 6.07) is 2.78. The summed E-state index contributed by atoms with van der Waals surface area (Å²) in [6.45, 7) is 4.71. The van der Waals surface area contributed by atoms with E-state index in [-0.39, 0.29) is 43.3 Å². The summed E-state index contributed by atoms with van der Waals surface area (Å²) in [5, 5.41) is 12.8. The van der Waals surface area contributed by atoms with Crippen LogP contribution in [0, 0.1) is 5.82 Å². The maximum absolute atomic E-state index is 14.4. The van der Waals surface area contributed by atoms with Crippen LogP contribution in [0.1, 0.15) is 68.7 Å². The number of anilines is 1. The second-order valence-electron chi connectivity index (χ2n) is 9.49. The Morgan fingerprint density at radius 1 is 1.05 bits per heavy atom. The second-order valence-corrected chi connectivity index (χ2v) is 9.49. The van der Waals surface area contributed by atoms with Gasteiger partial charge in [-0.1, -0.05) is 0 Å². The number of aromatic nitrogens is 4. The molecule has 1 aliphatic carbocycles. The summed E-state index contributed by atoms with van der Waals surface area (Å²) in [7, 11) is 0. The molecular weight excluding hydrogens is 583 g/mol. The predicted octanol–water partition coefficient (Wildman–Crippen LogP) is 6.71. The fourth-order valence-electron chi connectivity index (χ4n) is 5.30. The lowest BCUT2D eigenvalue weighted by molar-refractivity contribution is -0.140. The fourth-order valence-corrected chi connectivity index (χ4v) is 5.30. The van der Waals surface area contributed by atoms with E-state index in [1.165, 1.54) is 0 Å². The second kappa shape index (κ2) is 14.0. The van der Waals surface area contributed by atoms with Gasteiger partial charge in [0.1, 0.15) is 11.9 Å². The SMILES string of the molecule is CCNc1cc2c(cn1)c(C1CCNCC1)nn2C1CCC(Oc2nccc(C(F)(F)F)c2F)CC1.Cl.Cl.Cl. The number of nitrogens with zero attached hydrogens (tertiary/aromatic N) is 4. The zero-order valence-electron chi connectivity index (χ0n) is 21.3. The van der Waals surface area contributed by atoms with Crippen LogP contribution in [0.2, 0.25) is 0 Å². The zero-order chi connectivity index (χ0) is 25.3. The number of halogens is 7. The highest BCUT2D eigenvalue weighted by molar-refractivity contribution is 5.86. The van der Waals surface area contributed by atoms with Crippen LogP contribution >= 0.6 is 37.2 Å². The number of rotatable bonds is 6. The Kier molecular flexibility index (Phi) is 11.9. The highest BCUT2D eigenvalue weighted by atomic mass is 35.5. The zero-order valence-corrected chi connectivity index (χ0v) is 23.8. The standard InChI is InChI=1S/C25H30F4N6O.3ClH/c1-2-31-21-13-20-18(14-33-21)23(15-7-10-30-11-8-15)34-35(20)16-3-5-17(6-4-16)36-24-22(26)19(9-12-32-24)25(27,28)29;;;/h9,12-17,30H,2-8,10-11H2,1H3,(H,31,33);3*1H. The van der Waals surface area contributed by atoms with Gasteiger partial charge in [0, 0.05) is 36.3 Å². The molecule has 2 N–H and O–H groups in total. The van der Waals surface area contributed by atoms with E-state index in [2.05, 4.69) is 25.3 Å². The third kappa shape index (κ3) is 7.17. The quantitative estimate of drug-likeness (QED) is 0.300. The molecule has 218 valence electrons. The Bertz CT molecular complexity index is 1210. The van der Waals surface area contributed by atoms with E-state index in [9.17, 15) is 17.6 Å². The van der Waals surface area contributed by atoms with Crippen LogP contribution in [-0.4, -0.2) is 45.5 Å². The van der Waals surface area contributed by atoms with Crippen molar-refractivity contribution in [3.05, 3.63) is 41.6 Å². The Hall–Kier alpha value is -2.08. The molecule has 3 aromatic rings. The van der Waals surface area contributed by atoms with Gasteiger partial charge in [0.25, 0.3) is 5.88 Å². The first-order valence-electron chi connectivity index (χ1n) is 12.6. The molecule has 0 unspecified atom stereocenters. The highest BCUT2D eigenvalue weighted by Gasteiger charge is 2.36. The van der Waals surface area contributed by atoms with E-state index < -0.39 is 29.5 Å². The molecule has 0 radical (unpaired) electrons. The number of piperidine rings is 1. The summed E-state index contributed by atoms with van der Waals surface area (Å²) in [6.07, 6.45) is 2.25. The van der Waals surface area contributed by atoms with Gasteiger partial charge in [0.15, 0.2) is 5.82 Å². The third-order valence-electron chi connectivity index (χ3n) is 7.13. The first-order chi connectivity index (χ1) is 17.3. The normalized spacial score (nSPS) is 19.9. The molecule has 5 rings (SSSR count). The number of alkyl halides is 3. The van der Waals surface area contributed by atoms with Crippen molar-refractivity contribution < 1.29 is 22.3 Å². The lowest BCUT2D eigenvalue weighted by Crippen LogP contribution is -2.28. The van der Waals surface area contributed by atoms with Gasteiger partial charge >= 0.3 is 6.18 Å². The Labute approximate surface area is 243 Å². The van der Waals surface area contributed by atoms with Crippen molar-refractivity contribution in [1.29, 1.82) is 0 Å². The molecule has 0 atom stereocenters. The minimum atomic E-state index is -4.80. The molecule has 39 heavy (non-hydrogen) atoms. The van der Waals surface area contributed by atoms with E-state index in [0.29, 0.717) is 37.7 Å². The topological polar surface area (TPSA) is 76.9 Å². The molecule has 1 saturated heterocycles. The van der Waals surface area contributed by atoms with Gasteiger partial charge in [-0.3, -0.25) is 4.68 Å². The van der Waals surface area contributed by atoms with Gasteiger partial charge < -0.3 is 15.4 Å². The summed E-state index contributed by atoms with van der Waals surface area (Å²) in [4.78, 5) is 8.29. The summed E-state index contributed by atoms with van der Waals surface area (Å²) in [5.41, 5.74) is 0.750. The van der Waals surface area contributed by atoms with Gasteiger partial charge in [0.05, 0.1) is 22.8 Å². The predicted molar refractivity (Wildman–Crippen MR) is 149 cm³/mol. The number of pyridine rings is 2. The van der Waals surface area contributed by atoms with Gasteiger partial charge in [-0.15, -0.1) is 37.2 Å². The van der Waals surface area contributed by atoms with E-state index >= 15 is 0 Å². The lowest BCUT2D eigenvalue weighted by Gasteiger charge is -2.29. The Morgan fingerprint density at radius 2 is 1.74 bits per heavy atom. The molecule has 14 heteroatoms. The largest absolute Gasteiger partial charge is 0.472 e. The lowest BCUT2D eigenvalue weighted by atomic mass is 9.92. The maximum atomic E-state index is 14.4. The van der Waals surface area contributed by atoms with Crippen LogP contribution in [0.3, 0.4) is 0 Å². The van der Waals surface area contributed by atoms with Crippen LogP contribution < -0.4 is 15.4 Å². The molecule has 0 spiro atoms. The Morgan fingerprint density at radius 3 is 2.38 bits per heavy atom. The average Bonchev–Trinajstić information content (AvgIpc) is 3.25. The molecule has 2 fully saturated rings. The van der Waals surface area contributed by atoms with Gasteiger partial charge in [-0.2, -0.15) is 18.3 Å². The van der Waals surface area contributed by atoms with Crippen LogP contribution in [0.15, 0.2) is 24.5 Å². The average molecular weight is 616 g/mol. The number of ether oxygens (including phenoxy) is 1. The van der Waals surface area contributed by atoms with Crippen molar-refractivity contribution in [2.75, 3.05) is 25.0 Å². The van der Waals surface area contributed by atoms with Gasteiger partial charge in [0.2, 0.25) is 0 Å². The number of fused-ring (bicyclic) bond motifs is 1. The molecule has 0 bridgehead atoms. The molecule has 0 aromatic carbocycles. The first-order valence-corrected chi connectivity index (χ1v) is 12.6. The summed E-state index contributed by atoms with van der Waals surface area (Å²) >= 11 is 0.